The van der Waals surface area contributed by atoms with Gasteiger partial charge in [-0.1, -0.05) is 48.5 Å². The van der Waals surface area contributed by atoms with Crippen LogP contribution in [0.4, 0.5) is 22.7 Å². The van der Waals surface area contributed by atoms with Crippen molar-refractivity contribution in [3.8, 4) is 0 Å². The van der Waals surface area contributed by atoms with Crippen LogP contribution in [-0.4, -0.2) is 376 Å². The highest BCUT2D eigenvalue weighted by molar-refractivity contribution is 5.53. The molecule has 8 atom stereocenters. The van der Waals surface area contributed by atoms with Crippen LogP contribution >= 0.6 is 0 Å². The number of rotatable bonds is 52. The van der Waals surface area contributed by atoms with E-state index >= 15 is 0 Å². The summed E-state index contributed by atoms with van der Waals surface area (Å²) >= 11 is 0. The van der Waals surface area contributed by atoms with Gasteiger partial charge in [-0.05, 0) is 83.6 Å². The molecule has 0 amide bonds. The van der Waals surface area contributed by atoms with E-state index in [1.807, 2.05) is 58.3 Å². The Labute approximate surface area is 573 Å². The first-order chi connectivity index (χ1) is 47.2. The van der Waals surface area contributed by atoms with E-state index in [9.17, 15) is 61.3 Å². The summed E-state index contributed by atoms with van der Waals surface area (Å²) in [5.74, 6) is 0. The smallest absolute Gasteiger partial charge is 0.0984 e. The Kier molecular flexibility index (Phi) is 38.9. The molecule has 4 heterocycles. The molecule has 27 heteroatoms. The Balaban J connectivity index is 0.000000319. The summed E-state index contributed by atoms with van der Waals surface area (Å²) in [5, 5.41) is 139. The molecule has 0 spiro atoms. The first-order valence-corrected chi connectivity index (χ1v) is 34.5. The number of aliphatic hydroxyl groups excluding tert-OH is 14. The van der Waals surface area contributed by atoms with E-state index in [2.05, 4.69) is 63.6 Å². The van der Waals surface area contributed by atoms with Crippen LogP contribution in [0.15, 0.2) is 97.1 Å². The molecule has 8 unspecified atom stereocenters. The molecular formula is C70H115N9O18. The number of anilines is 4. The van der Waals surface area contributed by atoms with Crippen molar-refractivity contribution in [2.24, 2.45) is 0 Å². The normalized spacial score (nSPS) is 18.1. The maximum absolute atomic E-state index is 11.1. The lowest BCUT2D eigenvalue weighted by molar-refractivity contribution is 0.0788. The van der Waals surface area contributed by atoms with Gasteiger partial charge in [-0.3, -0.25) is 19.6 Å². The first-order valence-electron chi connectivity index (χ1n) is 34.5. The van der Waals surface area contributed by atoms with Crippen molar-refractivity contribution in [2.45, 2.75) is 61.7 Å². The molecule has 0 aliphatic carbocycles. The monoisotopic (exact) mass is 1370 g/mol. The average molecular weight is 1370 g/mol. The van der Waals surface area contributed by atoms with Gasteiger partial charge in [-0.15, -0.1) is 0 Å². The highest BCUT2D eigenvalue weighted by Crippen LogP contribution is 2.27. The van der Waals surface area contributed by atoms with Crippen LogP contribution in [0.2, 0.25) is 0 Å². The standard InChI is InChI=1S/C41H74N6O12.C25H30N2O4.C4H11NO2/c48-17-9-42(10-18-49)26-38(56)30-46(31-39(57)27-43(11-19-50)12-20-51)36-5-1-34(2-6-36)25-35-3-7-37(8-4-35)47(32-40(58)28-44(13-21-52)14-22-53)33-41(59)29-45(15-23-54)16-24-55;1-5-20(26(10-22-14-28-22)11-23-15-29-23)6-2-18(1)9-19-3-7-21(8-4-19)27(12-24-16-30-24)13-25-17-31-25;6-3-1-5-2-4-7/h1-8,38-41,48-59H,9-33H2;1-8,22-25H,9-17H2;5-7H,1-4H2. The molecule has 4 aliphatic heterocycles. The SMILES string of the molecule is OCCN(CCO)CC(O)CN(CC(O)CN(CCO)CCO)c1ccc(Cc2ccc(N(CC(O)CN(CCO)CCO)CC(O)CN(CCO)CCO)cc2)cc1.OCCNCCO.c1cc(N(CC2CO2)CC2CO2)ccc1Cc1ccc(N(CC2CO2)CC2CO2)cc1. The van der Waals surface area contributed by atoms with E-state index in [1.54, 1.807) is 19.6 Å². The van der Waals surface area contributed by atoms with Crippen molar-refractivity contribution in [3.63, 3.8) is 0 Å². The van der Waals surface area contributed by atoms with Gasteiger partial charge in [-0.2, -0.15) is 0 Å². The zero-order valence-corrected chi connectivity index (χ0v) is 56.7. The minimum Gasteiger partial charge on any atom is -0.395 e. The molecule has 27 nitrogen and oxygen atoms in total. The third-order valence-electron chi connectivity index (χ3n) is 16.8. The number of nitrogens with zero attached hydrogens (tertiary/aromatic N) is 8. The van der Waals surface area contributed by atoms with Crippen LogP contribution in [0.1, 0.15) is 22.3 Å². The summed E-state index contributed by atoms with van der Waals surface area (Å²) in [6.45, 7) is 11.6. The minimum atomic E-state index is -0.869. The van der Waals surface area contributed by atoms with Crippen molar-refractivity contribution in [1.29, 1.82) is 0 Å². The van der Waals surface area contributed by atoms with Crippen LogP contribution in [-0.2, 0) is 31.8 Å². The maximum Gasteiger partial charge on any atom is 0.0984 e. The maximum atomic E-state index is 11.1. The summed E-state index contributed by atoms with van der Waals surface area (Å²) in [7, 11) is 0. The van der Waals surface area contributed by atoms with Gasteiger partial charge in [0.2, 0.25) is 0 Å². The average Bonchev–Trinajstić information content (AvgIpc) is 1.82. The topological polar surface area (TPSA) is 371 Å². The van der Waals surface area contributed by atoms with Crippen LogP contribution < -0.4 is 24.9 Å². The van der Waals surface area contributed by atoms with Crippen molar-refractivity contribution in [3.05, 3.63) is 119 Å². The minimum absolute atomic E-state index is 0.121. The summed E-state index contributed by atoms with van der Waals surface area (Å²) < 4.78 is 21.8. The number of aliphatic hydroxyl groups is 14. The molecule has 15 N–H and O–H groups in total. The Bertz CT molecular complexity index is 2340. The zero-order chi connectivity index (χ0) is 69.6. The molecule has 4 aromatic rings. The predicted molar refractivity (Wildman–Crippen MR) is 373 cm³/mol. The molecule has 97 heavy (non-hydrogen) atoms. The van der Waals surface area contributed by atoms with Gasteiger partial charge in [0.05, 0.1) is 141 Å². The second-order valence-corrected chi connectivity index (χ2v) is 25.3. The predicted octanol–water partition coefficient (Wildman–Crippen LogP) is -3.47. The quantitative estimate of drug-likeness (QED) is 0.0151. The lowest BCUT2D eigenvalue weighted by Gasteiger charge is -2.33. The van der Waals surface area contributed by atoms with Gasteiger partial charge >= 0.3 is 0 Å². The Morgan fingerprint density at radius 1 is 0.289 bits per heavy atom. The Morgan fingerprint density at radius 2 is 0.485 bits per heavy atom. The third kappa shape index (κ3) is 33.5. The van der Waals surface area contributed by atoms with Crippen LogP contribution in [0.5, 0.6) is 0 Å². The van der Waals surface area contributed by atoms with E-state index in [1.165, 1.54) is 22.5 Å². The lowest BCUT2D eigenvalue weighted by Crippen LogP contribution is -2.46. The second kappa shape index (κ2) is 46.6. The molecule has 0 bridgehead atoms. The lowest BCUT2D eigenvalue weighted by atomic mass is 10.0. The van der Waals surface area contributed by atoms with Gasteiger partial charge in [0, 0.05) is 167 Å². The fourth-order valence-corrected chi connectivity index (χ4v) is 11.6. The van der Waals surface area contributed by atoms with E-state index in [-0.39, 0.29) is 118 Å². The number of benzene rings is 4. The van der Waals surface area contributed by atoms with Crippen molar-refractivity contribution in [2.75, 3.05) is 256 Å². The largest absolute Gasteiger partial charge is 0.395 e. The second-order valence-electron chi connectivity index (χ2n) is 25.3. The van der Waals surface area contributed by atoms with E-state index < -0.39 is 24.4 Å². The Morgan fingerprint density at radius 3 is 0.660 bits per heavy atom. The highest BCUT2D eigenvalue weighted by atomic mass is 16.6. The number of epoxide rings is 4. The van der Waals surface area contributed by atoms with Gasteiger partial charge in [0.15, 0.2) is 0 Å². The van der Waals surface area contributed by atoms with Gasteiger partial charge in [0.1, 0.15) is 0 Å². The molecule has 4 aromatic carbocycles. The number of nitrogens with one attached hydrogen (secondary N) is 1. The number of hydrogen-bond donors (Lipinski definition) is 15. The molecule has 8 rings (SSSR count). The summed E-state index contributed by atoms with van der Waals surface area (Å²) in [4.78, 5) is 15.6. The molecule has 0 saturated carbocycles. The van der Waals surface area contributed by atoms with E-state index in [0.717, 1.165) is 81.5 Å². The first kappa shape index (κ1) is 81.1. The third-order valence-corrected chi connectivity index (χ3v) is 16.8. The van der Waals surface area contributed by atoms with E-state index in [0.29, 0.717) is 96.3 Å². The van der Waals surface area contributed by atoms with Gasteiger partial charge in [0.25, 0.3) is 0 Å². The van der Waals surface area contributed by atoms with Gasteiger partial charge in [-0.25, -0.2) is 0 Å². The van der Waals surface area contributed by atoms with Crippen LogP contribution in [0, 0.1) is 0 Å². The van der Waals surface area contributed by atoms with Crippen molar-refractivity contribution < 1.29 is 90.4 Å². The molecule has 4 saturated heterocycles. The molecule has 0 radical (unpaired) electrons. The fourth-order valence-electron chi connectivity index (χ4n) is 11.6. The fraction of sp³-hybridized carbons (Fsp3) is 0.657. The molecule has 4 fully saturated rings. The van der Waals surface area contributed by atoms with Crippen LogP contribution in [0.3, 0.4) is 0 Å². The molecular weight excluding hydrogens is 1250 g/mol. The van der Waals surface area contributed by atoms with E-state index in [4.69, 9.17) is 29.2 Å². The van der Waals surface area contributed by atoms with Crippen molar-refractivity contribution in [1.82, 2.24) is 24.9 Å². The molecule has 548 valence electrons. The highest BCUT2D eigenvalue weighted by Gasteiger charge is 2.33. The molecule has 4 aliphatic rings. The Hall–Kier alpha value is -4.84. The number of ether oxygens (including phenoxy) is 4. The number of hydrogen-bond acceptors (Lipinski definition) is 27. The zero-order valence-electron chi connectivity index (χ0n) is 56.7. The summed E-state index contributed by atoms with van der Waals surface area (Å²) in [6, 6.07) is 33.5. The van der Waals surface area contributed by atoms with Crippen molar-refractivity contribution >= 4 is 22.7 Å². The summed E-state index contributed by atoms with van der Waals surface area (Å²) in [5.41, 5.74) is 8.69. The summed E-state index contributed by atoms with van der Waals surface area (Å²) in [6.07, 6.45) is -0.418. The van der Waals surface area contributed by atoms with Crippen LogP contribution in [0.25, 0.3) is 0 Å². The molecule has 0 aromatic heterocycles. The van der Waals surface area contributed by atoms with Gasteiger partial charge < -0.3 is 115 Å².